The number of rotatable bonds is 8. The van der Waals surface area contributed by atoms with Gasteiger partial charge in [-0.25, -0.2) is 4.39 Å². The maximum absolute atomic E-state index is 13.9. The summed E-state index contributed by atoms with van der Waals surface area (Å²) < 4.78 is 13.9. The Bertz CT molecular complexity index is 425. The van der Waals surface area contributed by atoms with Crippen molar-refractivity contribution >= 4 is 11.8 Å². The summed E-state index contributed by atoms with van der Waals surface area (Å²) in [5, 5.41) is 12.8. The van der Waals surface area contributed by atoms with Crippen LogP contribution in [0.25, 0.3) is 0 Å². The summed E-state index contributed by atoms with van der Waals surface area (Å²) in [6, 6.07) is 3.71. The van der Waals surface area contributed by atoms with Crippen LogP contribution >= 0.6 is 11.8 Å². The first-order chi connectivity index (χ1) is 9.49. The minimum absolute atomic E-state index is 0.133. The summed E-state index contributed by atoms with van der Waals surface area (Å²) in [7, 11) is 0. The van der Waals surface area contributed by atoms with Crippen molar-refractivity contribution in [3.05, 3.63) is 29.1 Å². The summed E-state index contributed by atoms with van der Waals surface area (Å²) in [6.45, 7) is 9.19. The van der Waals surface area contributed by atoms with Gasteiger partial charge in [0.1, 0.15) is 5.82 Å². The summed E-state index contributed by atoms with van der Waals surface area (Å²) in [5.74, 6) is -0.149. The molecule has 0 heterocycles. The van der Waals surface area contributed by atoms with Gasteiger partial charge < -0.3 is 10.4 Å². The van der Waals surface area contributed by atoms with Gasteiger partial charge in [-0.3, -0.25) is 0 Å². The first-order valence-electron chi connectivity index (χ1n) is 7.30. The number of hydrogen-bond acceptors (Lipinski definition) is 3. The Morgan fingerprint density at radius 2 is 2.05 bits per heavy atom. The van der Waals surface area contributed by atoms with Crippen molar-refractivity contribution in [1.29, 1.82) is 0 Å². The van der Waals surface area contributed by atoms with Crippen LogP contribution in [0.2, 0.25) is 0 Å². The molecular weight excluding hydrogens is 273 g/mol. The molecule has 2 unspecified atom stereocenters. The summed E-state index contributed by atoms with van der Waals surface area (Å²) in [6.07, 6.45) is 1.80. The van der Waals surface area contributed by atoms with Gasteiger partial charge in [0.05, 0.1) is 0 Å². The van der Waals surface area contributed by atoms with Crippen molar-refractivity contribution < 1.29 is 9.50 Å². The van der Waals surface area contributed by atoms with E-state index < -0.39 is 0 Å². The van der Waals surface area contributed by atoms with Gasteiger partial charge >= 0.3 is 0 Å². The van der Waals surface area contributed by atoms with Crippen LogP contribution in [0.15, 0.2) is 17.0 Å². The third kappa shape index (κ3) is 5.08. The third-order valence-corrected chi connectivity index (χ3v) is 4.57. The van der Waals surface area contributed by atoms with E-state index in [0.29, 0.717) is 10.8 Å². The molecule has 1 rings (SSSR count). The highest BCUT2D eigenvalue weighted by Crippen LogP contribution is 2.33. The average Bonchev–Trinajstić information content (AvgIpc) is 2.40. The Morgan fingerprint density at radius 3 is 2.65 bits per heavy atom. The standard InChI is InChI=1S/C16H26FNOS/c1-5-7-18-13(4)14-10-15(17)11(2)9-16(14)20-12(3)6-8-19/h9-10,12-13,18-19H,5-8H2,1-4H3. The van der Waals surface area contributed by atoms with Crippen LogP contribution in [0.3, 0.4) is 0 Å². The van der Waals surface area contributed by atoms with Crippen molar-refractivity contribution in [2.75, 3.05) is 13.2 Å². The van der Waals surface area contributed by atoms with Gasteiger partial charge in [-0.2, -0.15) is 0 Å². The van der Waals surface area contributed by atoms with Crippen molar-refractivity contribution in [3.63, 3.8) is 0 Å². The molecule has 1 aromatic carbocycles. The van der Waals surface area contributed by atoms with E-state index in [0.717, 1.165) is 29.8 Å². The molecule has 20 heavy (non-hydrogen) atoms. The Kier molecular flexibility index (Phi) is 7.56. The predicted molar refractivity (Wildman–Crippen MR) is 84.9 cm³/mol. The van der Waals surface area contributed by atoms with E-state index >= 15 is 0 Å². The fourth-order valence-corrected chi connectivity index (χ4v) is 3.31. The lowest BCUT2D eigenvalue weighted by Gasteiger charge is -2.20. The molecule has 0 amide bonds. The Balaban J connectivity index is 2.97. The largest absolute Gasteiger partial charge is 0.396 e. The van der Waals surface area contributed by atoms with Gasteiger partial charge in [-0.05, 0) is 56.5 Å². The molecule has 2 N–H and O–H groups in total. The second kappa shape index (κ2) is 8.65. The number of hydrogen-bond donors (Lipinski definition) is 2. The van der Waals surface area contributed by atoms with Gasteiger partial charge in [-0.1, -0.05) is 13.8 Å². The van der Waals surface area contributed by atoms with Crippen LogP contribution in [-0.2, 0) is 0 Å². The number of nitrogens with one attached hydrogen (secondary N) is 1. The van der Waals surface area contributed by atoms with E-state index in [1.54, 1.807) is 24.8 Å². The first kappa shape index (κ1) is 17.5. The molecule has 2 atom stereocenters. The summed E-state index contributed by atoms with van der Waals surface area (Å²) in [4.78, 5) is 1.11. The summed E-state index contributed by atoms with van der Waals surface area (Å²) in [5.41, 5.74) is 1.69. The van der Waals surface area contributed by atoms with Crippen LogP contribution < -0.4 is 5.32 Å². The molecule has 0 bridgehead atoms. The molecule has 0 saturated heterocycles. The zero-order valence-electron chi connectivity index (χ0n) is 12.9. The molecule has 0 aliphatic carbocycles. The van der Waals surface area contributed by atoms with E-state index in [9.17, 15) is 4.39 Å². The van der Waals surface area contributed by atoms with Gasteiger partial charge in [0.2, 0.25) is 0 Å². The highest BCUT2D eigenvalue weighted by atomic mass is 32.2. The number of thioether (sulfide) groups is 1. The van der Waals surface area contributed by atoms with Crippen molar-refractivity contribution in [2.45, 2.75) is 56.7 Å². The molecule has 0 aliphatic heterocycles. The fourth-order valence-electron chi connectivity index (χ4n) is 2.04. The third-order valence-electron chi connectivity index (χ3n) is 3.32. The van der Waals surface area contributed by atoms with E-state index in [2.05, 4.69) is 26.1 Å². The number of aliphatic hydroxyl groups excluding tert-OH is 1. The highest BCUT2D eigenvalue weighted by molar-refractivity contribution is 8.00. The first-order valence-corrected chi connectivity index (χ1v) is 8.18. The van der Waals surface area contributed by atoms with Crippen LogP contribution in [0.5, 0.6) is 0 Å². The highest BCUT2D eigenvalue weighted by Gasteiger charge is 2.15. The topological polar surface area (TPSA) is 32.3 Å². The van der Waals surface area contributed by atoms with E-state index in [4.69, 9.17) is 5.11 Å². The molecule has 0 saturated carbocycles. The van der Waals surface area contributed by atoms with Gasteiger partial charge in [0.25, 0.3) is 0 Å². The normalized spacial score (nSPS) is 14.3. The van der Waals surface area contributed by atoms with E-state index in [1.807, 2.05) is 6.07 Å². The lowest BCUT2D eigenvalue weighted by Crippen LogP contribution is -2.20. The summed E-state index contributed by atoms with van der Waals surface area (Å²) >= 11 is 1.71. The van der Waals surface area contributed by atoms with Gasteiger partial charge in [0.15, 0.2) is 0 Å². The molecule has 0 aliphatic rings. The maximum Gasteiger partial charge on any atom is 0.126 e. The van der Waals surface area contributed by atoms with Crippen molar-refractivity contribution in [1.82, 2.24) is 5.32 Å². The Morgan fingerprint density at radius 1 is 1.35 bits per heavy atom. The smallest absolute Gasteiger partial charge is 0.126 e. The number of benzene rings is 1. The van der Waals surface area contributed by atoms with E-state index in [1.165, 1.54) is 0 Å². The quantitative estimate of drug-likeness (QED) is 0.710. The second-order valence-electron chi connectivity index (χ2n) is 5.26. The Labute approximate surface area is 126 Å². The lowest BCUT2D eigenvalue weighted by atomic mass is 10.1. The minimum atomic E-state index is -0.149. The zero-order valence-corrected chi connectivity index (χ0v) is 13.7. The molecule has 4 heteroatoms. The molecule has 0 fully saturated rings. The van der Waals surface area contributed by atoms with Crippen LogP contribution in [0.1, 0.15) is 50.8 Å². The number of halogens is 1. The molecule has 0 aromatic heterocycles. The zero-order chi connectivity index (χ0) is 15.1. The van der Waals surface area contributed by atoms with Crippen LogP contribution in [0.4, 0.5) is 4.39 Å². The monoisotopic (exact) mass is 299 g/mol. The van der Waals surface area contributed by atoms with Gasteiger partial charge in [-0.15, -0.1) is 11.8 Å². The molecule has 2 nitrogen and oxygen atoms in total. The number of aryl methyl sites for hydroxylation is 1. The predicted octanol–water partition coefficient (Wildman–Crippen LogP) is 4.06. The van der Waals surface area contributed by atoms with Crippen molar-refractivity contribution in [2.24, 2.45) is 0 Å². The molecule has 0 radical (unpaired) electrons. The van der Waals surface area contributed by atoms with Crippen LogP contribution in [-0.4, -0.2) is 23.5 Å². The SMILES string of the molecule is CCCNC(C)c1cc(F)c(C)cc1SC(C)CCO. The minimum Gasteiger partial charge on any atom is -0.396 e. The van der Waals surface area contributed by atoms with Gasteiger partial charge in [0, 0.05) is 22.8 Å². The Hall–Kier alpha value is -0.580. The molecule has 114 valence electrons. The average molecular weight is 299 g/mol. The molecular formula is C16H26FNOS. The fraction of sp³-hybridized carbons (Fsp3) is 0.625. The lowest BCUT2D eigenvalue weighted by molar-refractivity contribution is 0.289. The van der Waals surface area contributed by atoms with Crippen LogP contribution in [0, 0.1) is 12.7 Å². The van der Waals surface area contributed by atoms with Crippen molar-refractivity contribution in [3.8, 4) is 0 Å². The number of aliphatic hydroxyl groups is 1. The second-order valence-corrected chi connectivity index (χ2v) is 6.74. The maximum atomic E-state index is 13.9. The molecule has 0 spiro atoms. The van der Waals surface area contributed by atoms with E-state index in [-0.39, 0.29) is 18.5 Å². The molecule has 1 aromatic rings.